The van der Waals surface area contributed by atoms with Gasteiger partial charge in [0.2, 0.25) is 0 Å². The quantitative estimate of drug-likeness (QED) is 0.752. The van der Waals surface area contributed by atoms with Gasteiger partial charge >= 0.3 is 0 Å². The van der Waals surface area contributed by atoms with Gasteiger partial charge in [-0.25, -0.2) is 0 Å². The molecule has 1 aliphatic carbocycles. The number of para-hydroxylation sites is 1. The zero-order chi connectivity index (χ0) is 13.5. The molecule has 1 N–H and O–H groups in total. The Morgan fingerprint density at radius 2 is 2.05 bits per heavy atom. The third-order valence-electron chi connectivity index (χ3n) is 4.16. The van der Waals surface area contributed by atoms with Gasteiger partial charge in [0.1, 0.15) is 5.75 Å². The zero-order valence-electron chi connectivity index (χ0n) is 12.3. The molecule has 0 spiro atoms. The fourth-order valence-corrected chi connectivity index (χ4v) is 2.74. The van der Waals surface area contributed by atoms with E-state index in [1.54, 1.807) is 0 Å². The number of rotatable bonds is 8. The lowest BCUT2D eigenvalue weighted by molar-refractivity contribution is 0.220. The monoisotopic (exact) mass is 261 g/mol. The minimum absolute atomic E-state index is 0.407. The summed E-state index contributed by atoms with van der Waals surface area (Å²) < 4.78 is 6.03. The smallest absolute Gasteiger partial charge is 0.124 e. The first-order valence-electron chi connectivity index (χ1n) is 7.80. The molecule has 2 nitrogen and oxygen atoms in total. The van der Waals surface area contributed by atoms with E-state index in [4.69, 9.17) is 4.74 Å². The first kappa shape index (κ1) is 14.4. The van der Waals surface area contributed by atoms with Crippen molar-refractivity contribution < 1.29 is 4.74 Å². The van der Waals surface area contributed by atoms with Crippen LogP contribution in [0.4, 0.5) is 0 Å². The Bertz CT molecular complexity index is 373. The number of nitrogens with one attached hydrogen (secondary N) is 1. The van der Waals surface area contributed by atoms with Crippen molar-refractivity contribution in [2.45, 2.75) is 52.0 Å². The lowest BCUT2D eigenvalue weighted by Crippen LogP contribution is -2.21. The second kappa shape index (κ2) is 7.54. The van der Waals surface area contributed by atoms with Gasteiger partial charge in [0, 0.05) is 11.6 Å². The number of hydrogen-bond donors (Lipinski definition) is 1. The van der Waals surface area contributed by atoms with Crippen molar-refractivity contribution in [3.05, 3.63) is 29.8 Å². The van der Waals surface area contributed by atoms with Crippen LogP contribution in [-0.2, 0) is 0 Å². The van der Waals surface area contributed by atoms with Crippen LogP contribution in [0.15, 0.2) is 24.3 Å². The molecule has 1 aromatic carbocycles. The molecule has 1 saturated carbocycles. The summed E-state index contributed by atoms with van der Waals surface area (Å²) in [5.41, 5.74) is 1.31. The van der Waals surface area contributed by atoms with Crippen LogP contribution in [0, 0.1) is 5.92 Å². The van der Waals surface area contributed by atoms with Crippen LogP contribution in [0.1, 0.15) is 57.6 Å². The van der Waals surface area contributed by atoms with Gasteiger partial charge in [0.15, 0.2) is 0 Å². The highest BCUT2D eigenvalue weighted by Gasteiger charge is 2.18. The van der Waals surface area contributed by atoms with Crippen LogP contribution in [0.5, 0.6) is 5.75 Å². The summed E-state index contributed by atoms with van der Waals surface area (Å²) >= 11 is 0. The average molecular weight is 261 g/mol. The van der Waals surface area contributed by atoms with Gasteiger partial charge in [-0.05, 0) is 31.4 Å². The van der Waals surface area contributed by atoms with Crippen molar-refractivity contribution in [3.63, 3.8) is 0 Å². The topological polar surface area (TPSA) is 21.3 Å². The summed E-state index contributed by atoms with van der Waals surface area (Å²) in [4.78, 5) is 0. The van der Waals surface area contributed by atoms with Gasteiger partial charge in [0.05, 0.1) is 6.61 Å². The van der Waals surface area contributed by atoms with E-state index in [2.05, 4.69) is 43.4 Å². The Hall–Kier alpha value is -1.02. The second-order valence-electron chi connectivity index (χ2n) is 5.49. The van der Waals surface area contributed by atoms with Gasteiger partial charge in [-0.2, -0.15) is 0 Å². The maximum atomic E-state index is 6.03. The fourth-order valence-electron chi connectivity index (χ4n) is 2.74. The summed E-state index contributed by atoms with van der Waals surface area (Å²) in [6.07, 6.45) is 6.53. The molecule has 0 saturated heterocycles. The fraction of sp³-hybridized carbons (Fsp3) is 0.647. The third kappa shape index (κ3) is 3.97. The molecule has 1 aliphatic rings. The van der Waals surface area contributed by atoms with Crippen LogP contribution in [0.25, 0.3) is 0 Å². The van der Waals surface area contributed by atoms with E-state index < -0.39 is 0 Å². The van der Waals surface area contributed by atoms with Crippen molar-refractivity contribution in [1.29, 1.82) is 0 Å². The normalized spacial score (nSPS) is 16.9. The number of ether oxygens (including phenoxy) is 1. The zero-order valence-corrected chi connectivity index (χ0v) is 12.3. The second-order valence-corrected chi connectivity index (χ2v) is 5.49. The van der Waals surface area contributed by atoms with Crippen LogP contribution >= 0.6 is 0 Å². The Morgan fingerprint density at radius 3 is 2.68 bits per heavy atom. The van der Waals surface area contributed by atoms with Crippen LogP contribution in [-0.4, -0.2) is 13.2 Å². The molecule has 1 atom stereocenters. The van der Waals surface area contributed by atoms with Gasteiger partial charge < -0.3 is 10.1 Å². The molecule has 0 bridgehead atoms. The van der Waals surface area contributed by atoms with Crippen LogP contribution in [0.3, 0.4) is 0 Å². The predicted octanol–water partition coefficient (Wildman–Crippen LogP) is 4.32. The molecule has 1 unspecified atom stereocenters. The van der Waals surface area contributed by atoms with Crippen molar-refractivity contribution >= 4 is 0 Å². The minimum atomic E-state index is 0.407. The van der Waals surface area contributed by atoms with E-state index in [9.17, 15) is 0 Å². The first-order chi connectivity index (χ1) is 9.35. The summed E-state index contributed by atoms with van der Waals surface area (Å²) in [5, 5.41) is 3.53. The van der Waals surface area contributed by atoms with Gasteiger partial charge in [-0.15, -0.1) is 0 Å². The molecule has 1 aromatic rings. The highest BCUT2D eigenvalue weighted by Crippen LogP contribution is 2.31. The number of benzene rings is 1. The Labute approximate surface area is 117 Å². The Kier molecular flexibility index (Phi) is 5.71. The molecule has 0 heterocycles. The molecule has 0 radical (unpaired) electrons. The largest absolute Gasteiger partial charge is 0.493 e. The molecule has 0 amide bonds. The van der Waals surface area contributed by atoms with Crippen molar-refractivity contribution in [2.75, 3.05) is 13.2 Å². The van der Waals surface area contributed by atoms with E-state index in [0.29, 0.717) is 6.04 Å². The maximum Gasteiger partial charge on any atom is 0.124 e. The molecular weight excluding hydrogens is 234 g/mol. The minimum Gasteiger partial charge on any atom is -0.493 e. The van der Waals surface area contributed by atoms with Crippen molar-refractivity contribution in [1.82, 2.24) is 5.32 Å². The van der Waals surface area contributed by atoms with Crippen molar-refractivity contribution in [3.8, 4) is 5.75 Å². The maximum absolute atomic E-state index is 6.03. The SMILES string of the molecule is CCNC(CC)c1ccccc1OCCC1CCC1. The van der Waals surface area contributed by atoms with Gasteiger partial charge in [0.25, 0.3) is 0 Å². The van der Waals surface area contributed by atoms with Gasteiger partial charge in [-0.1, -0.05) is 51.3 Å². The Balaban J connectivity index is 1.93. The molecule has 0 aromatic heterocycles. The van der Waals surface area contributed by atoms with E-state index >= 15 is 0 Å². The van der Waals surface area contributed by atoms with E-state index in [1.807, 2.05) is 0 Å². The lowest BCUT2D eigenvalue weighted by Gasteiger charge is -2.26. The summed E-state index contributed by atoms with van der Waals surface area (Å²) in [5.74, 6) is 1.98. The van der Waals surface area contributed by atoms with Crippen LogP contribution in [0.2, 0.25) is 0 Å². The molecule has 0 aliphatic heterocycles. The van der Waals surface area contributed by atoms with E-state index in [-0.39, 0.29) is 0 Å². The molecule has 106 valence electrons. The first-order valence-corrected chi connectivity index (χ1v) is 7.80. The van der Waals surface area contributed by atoms with E-state index in [0.717, 1.165) is 31.2 Å². The molecule has 19 heavy (non-hydrogen) atoms. The summed E-state index contributed by atoms with van der Waals surface area (Å²) in [6.45, 7) is 6.24. The molecular formula is C17H27NO. The standard InChI is InChI=1S/C17H27NO/c1-3-16(18-4-2)15-10-5-6-11-17(15)19-13-12-14-8-7-9-14/h5-6,10-11,14,16,18H,3-4,7-9,12-13H2,1-2H3. The number of hydrogen-bond acceptors (Lipinski definition) is 2. The highest BCUT2D eigenvalue weighted by atomic mass is 16.5. The summed E-state index contributed by atoms with van der Waals surface area (Å²) in [7, 11) is 0. The highest BCUT2D eigenvalue weighted by molar-refractivity contribution is 5.35. The molecule has 2 rings (SSSR count). The predicted molar refractivity (Wildman–Crippen MR) is 80.6 cm³/mol. The van der Waals surface area contributed by atoms with Crippen molar-refractivity contribution in [2.24, 2.45) is 5.92 Å². The summed E-state index contributed by atoms with van der Waals surface area (Å²) in [6, 6.07) is 8.88. The molecule has 1 fully saturated rings. The lowest BCUT2D eigenvalue weighted by atomic mass is 9.83. The van der Waals surface area contributed by atoms with Crippen LogP contribution < -0.4 is 10.1 Å². The average Bonchev–Trinajstić information content (AvgIpc) is 2.39. The third-order valence-corrected chi connectivity index (χ3v) is 4.16. The Morgan fingerprint density at radius 1 is 1.26 bits per heavy atom. The van der Waals surface area contributed by atoms with E-state index in [1.165, 1.54) is 31.2 Å². The van der Waals surface area contributed by atoms with Gasteiger partial charge in [-0.3, -0.25) is 0 Å². The molecule has 2 heteroatoms.